The summed E-state index contributed by atoms with van der Waals surface area (Å²) in [5, 5.41) is 8.39. The molecule has 0 fully saturated rings. The van der Waals surface area contributed by atoms with Gasteiger partial charge >= 0.3 is 0 Å². The summed E-state index contributed by atoms with van der Waals surface area (Å²) in [4.78, 5) is 5.45. The lowest BCUT2D eigenvalue weighted by Crippen LogP contribution is -2.61. The van der Waals surface area contributed by atoms with Gasteiger partial charge in [0.05, 0.1) is 11.4 Å². The quantitative estimate of drug-likeness (QED) is 0.120. The number of anilines is 6. The zero-order valence-electron chi connectivity index (χ0n) is 72.4. The fourth-order valence-electron chi connectivity index (χ4n) is 20.6. The van der Waals surface area contributed by atoms with Crippen molar-refractivity contribution in [2.24, 2.45) is 0 Å². The molecule has 606 valence electrons. The van der Waals surface area contributed by atoms with Crippen LogP contribution in [0.2, 0.25) is 0 Å². The molecule has 0 bridgehead atoms. The molecule has 0 radical (unpaired) electrons. The maximum Gasteiger partial charge on any atom is 0.252 e. The van der Waals surface area contributed by atoms with Gasteiger partial charge in [0.1, 0.15) is 44.7 Å². The average molecular weight is 1630 g/mol. The van der Waals surface area contributed by atoms with E-state index in [4.69, 9.17) is 17.7 Å². The van der Waals surface area contributed by atoms with Crippen molar-refractivity contribution in [2.75, 3.05) is 9.80 Å². The molecule has 4 aromatic heterocycles. The lowest BCUT2D eigenvalue weighted by atomic mass is 9.33. The Kier molecular flexibility index (Phi) is 17.1. The summed E-state index contributed by atoms with van der Waals surface area (Å²) in [6.07, 6.45) is 0. The van der Waals surface area contributed by atoms with E-state index in [1.165, 1.54) is 27.7 Å². The largest absolute Gasteiger partial charge is 0.456 e. The van der Waals surface area contributed by atoms with Crippen molar-refractivity contribution in [3.63, 3.8) is 0 Å². The minimum absolute atomic E-state index is 0.198. The number of nitrogens with zero attached hydrogens (tertiary/aromatic N) is 2. The van der Waals surface area contributed by atoms with Crippen molar-refractivity contribution >= 4 is 145 Å². The number of hydrogen-bond acceptors (Lipinski definition) is 6. The molecule has 0 amide bonds. The van der Waals surface area contributed by atoms with Crippen molar-refractivity contribution in [1.29, 1.82) is 0 Å². The van der Waals surface area contributed by atoms with E-state index in [1.807, 2.05) is 0 Å². The summed E-state index contributed by atoms with van der Waals surface area (Å²) in [7, 11) is 0. The van der Waals surface area contributed by atoms with Gasteiger partial charge in [0.25, 0.3) is 6.71 Å². The molecule has 7 heteroatoms. The summed E-state index contributed by atoms with van der Waals surface area (Å²) >= 11 is 0. The molecule has 0 unspecified atom stereocenters. The third kappa shape index (κ3) is 12.3. The zero-order valence-corrected chi connectivity index (χ0v) is 72.4. The van der Waals surface area contributed by atoms with Crippen LogP contribution in [-0.2, 0) is 16.2 Å². The molecule has 2 aliphatic heterocycles. The van der Waals surface area contributed by atoms with E-state index in [1.54, 1.807) is 0 Å². The highest BCUT2D eigenvalue weighted by Gasteiger charge is 2.47. The first-order chi connectivity index (χ1) is 61.9. The van der Waals surface area contributed by atoms with Crippen molar-refractivity contribution in [3.05, 3.63) is 393 Å². The molecule has 0 N–H and O–H groups in total. The molecule has 24 rings (SSSR count). The standard InChI is InChI=1S/C120H89BN2O4/c1-118(2,3)82-64-80(74-36-17-12-18-37-74)63-81(65-82)75-57-59-99-98(66-75)121-97-58-56-76(79-61-77(72-32-13-10-14-33-72)60-78(62-79)73-34-15-11-16-35-73)67-100(97)123(117-95(87-44-30-54-109-113(87)93-40-21-25-50-105(93)126-109)68-83(119(4,5)6)69-96(117)88-45-31-55-110-114(88)94-41-22-26-51-106(94)127-110)102-71-84(120(7,8)9)70-101(115(102)121)122(99)116-89(85-42-28-52-107-111(85)91-38-19-23-48-103(91)124-107)46-27-47-90(116)86-43-29-53-108-112(86)92-39-20-24-49-104(92)125-108/h10-71H,1-9H3. The molecule has 0 aliphatic carbocycles. The van der Waals surface area contributed by atoms with Crippen LogP contribution in [0.3, 0.4) is 0 Å². The number of rotatable bonds is 11. The molecule has 6 nitrogen and oxygen atoms in total. The van der Waals surface area contributed by atoms with Crippen LogP contribution in [0.5, 0.6) is 0 Å². The van der Waals surface area contributed by atoms with E-state index >= 15 is 0 Å². The van der Waals surface area contributed by atoms with E-state index in [0.717, 1.165) is 227 Å². The van der Waals surface area contributed by atoms with Gasteiger partial charge in [0.15, 0.2) is 0 Å². The predicted molar refractivity (Wildman–Crippen MR) is 535 cm³/mol. The van der Waals surface area contributed by atoms with Gasteiger partial charge < -0.3 is 27.5 Å². The monoisotopic (exact) mass is 1630 g/mol. The number of fused-ring (bicyclic) bond motifs is 16. The second-order valence-electron chi connectivity index (χ2n) is 37.8. The molecular weight excluding hydrogens is 1540 g/mol. The molecule has 0 saturated carbocycles. The maximum absolute atomic E-state index is 7.08. The number of hydrogen-bond donors (Lipinski definition) is 0. The van der Waals surface area contributed by atoms with Crippen molar-refractivity contribution in [2.45, 2.75) is 78.6 Å². The van der Waals surface area contributed by atoms with Gasteiger partial charge in [-0.05, 0) is 236 Å². The highest BCUT2D eigenvalue weighted by Crippen LogP contribution is 2.59. The van der Waals surface area contributed by atoms with Crippen LogP contribution in [0.25, 0.3) is 188 Å². The first-order valence-corrected chi connectivity index (χ1v) is 44.4. The fourth-order valence-corrected chi connectivity index (χ4v) is 20.6. The Morgan fingerprint density at radius 3 is 0.906 bits per heavy atom. The summed E-state index contributed by atoms with van der Waals surface area (Å²) in [5.74, 6) is 0. The third-order valence-corrected chi connectivity index (χ3v) is 26.9. The molecule has 18 aromatic carbocycles. The topological polar surface area (TPSA) is 59.0 Å². The molecule has 0 spiro atoms. The Morgan fingerprint density at radius 1 is 0.197 bits per heavy atom. The molecule has 6 heterocycles. The van der Waals surface area contributed by atoms with E-state index < -0.39 is 12.1 Å². The van der Waals surface area contributed by atoms with E-state index in [-0.39, 0.29) is 10.8 Å². The van der Waals surface area contributed by atoms with Crippen LogP contribution < -0.4 is 26.2 Å². The van der Waals surface area contributed by atoms with Crippen LogP contribution in [-0.4, -0.2) is 6.71 Å². The minimum atomic E-state index is -0.458. The zero-order chi connectivity index (χ0) is 85.5. The van der Waals surface area contributed by atoms with E-state index in [9.17, 15) is 0 Å². The van der Waals surface area contributed by atoms with Gasteiger partial charge in [-0.3, -0.25) is 0 Å². The summed E-state index contributed by atoms with van der Waals surface area (Å²) in [5.41, 5.74) is 38.7. The summed E-state index contributed by atoms with van der Waals surface area (Å²) in [6, 6.07) is 140. The van der Waals surface area contributed by atoms with Gasteiger partial charge in [0, 0.05) is 88.1 Å². The SMILES string of the molecule is CC(C)(C)c1cc(-c2ccccc2)cc(-c2ccc3c(c2)B2c4ccc(-c5cc(-c6ccccc6)cc(-c6ccccc6)c5)cc4N(c4c(-c5cccc6oc7ccccc7c56)cc(C(C)(C)C)cc4-c4cccc5oc6ccccc6c45)c4cc(C(C)(C)C)cc(c42)N3c2c(-c3cccc4oc5ccccc5c34)cccc2-c2cccc3oc4ccccc4c23)c1. The van der Waals surface area contributed by atoms with Crippen LogP contribution in [0, 0.1) is 0 Å². The van der Waals surface area contributed by atoms with Gasteiger partial charge in [-0.25, -0.2) is 0 Å². The van der Waals surface area contributed by atoms with Gasteiger partial charge in [0.2, 0.25) is 0 Å². The lowest BCUT2D eigenvalue weighted by Gasteiger charge is -2.46. The van der Waals surface area contributed by atoms with Gasteiger partial charge in [-0.15, -0.1) is 0 Å². The van der Waals surface area contributed by atoms with Gasteiger partial charge in [-0.2, -0.15) is 0 Å². The first kappa shape index (κ1) is 75.6. The second-order valence-corrected chi connectivity index (χ2v) is 37.8. The van der Waals surface area contributed by atoms with Crippen LogP contribution in [0.1, 0.15) is 79.0 Å². The van der Waals surface area contributed by atoms with Crippen LogP contribution in [0.4, 0.5) is 34.1 Å². The van der Waals surface area contributed by atoms with Crippen molar-refractivity contribution in [3.8, 4) is 100 Å². The number of benzene rings is 18. The minimum Gasteiger partial charge on any atom is -0.456 e. The normalized spacial score (nSPS) is 12.9. The van der Waals surface area contributed by atoms with Crippen LogP contribution in [0.15, 0.2) is 394 Å². The summed E-state index contributed by atoms with van der Waals surface area (Å²) < 4.78 is 28.1. The van der Waals surface area contributed by atoms with Gasteiger partial charge in [-0.1, -0.05) is 329 Å². The smallest absolute Gasteiger partial charge is 0.252 e. The molecule has 22 aromatic rings. The molecule has 0 saturated heterocycles. The summed E-state index contributed by atoms with van der Waals surface area (Å²) in [6.45, 7) is 20.9. The Morgan fingerprint density at radius 2 is 0.496 bits per heavy atom. The van der Waals surface area contributed by atoms with Crippen molar-refractivity contribution in [1.82, 2.24) is 0 Å². The highest BCUT2D eigenvalue weighted by molar-refractivity contribution is 7.00. The number of para-hydroxylation sites is 5. The second kappa shape index (κ2) is 28.7. The van der Waals surface area contributed by atoms with E-state index in [0.29, 0.717) is 0 Å². The Bertz CT molecular complexity index is 7960. The molecule has 0 atom stereocenters. The predicted octanol–water partition coefficient (Wildman–Crippen LogP) is 32.3. The Balaban J connectivity index is 0.897. The molecular formula is C120H89BN2O4. The van der Waals surface area contributed by atoms with Crippen LogP contribution >= 0.6 is 0 Å². The van der Waals surface area contributed by atoms with E-state index in [2.05, 4.69) is 448 Å². The molecule has 127 heavy (non-hydrogen) atoms. The Hall–Kier alpha value is -15.2. The maximum atomic E-state index is 7.08. The van der Waals surface area contributed by atoms with Crippen molar-refractivity contribution < 1.29 is 17.7 Å². The average Bonchev–Trinajstić information content (AvgIpc) is 1.58. The third-order valence-electron chi connectivity index (χ3n) is 26.9. The first-order valence-electron chi connectivity index (χ1n) is 44.4. The lowest BCUT2D eigenvalue weighted by molar-refractivity contribution is 0.590. The Labute approximate surface area is 739 Å². The number of furan rings is 4. The fraction of sp³-hybridized carbons (Fsp3) is 0.100. The highest BCUT2D eigenvalue weighted by atomic mass is 16.3. The molecule has 2 aliphatic rings.